The second kappa shape index (κ2) is 13.6. The maximum atomic E-state index is 13.9. The lowest BCUT2D eigenvalue weighted by Gasteiger charge is -2.32. The predicted molar refractivity (Wildman–Crippen MR) is 156 cm³/mol. The van der Waals surface area contributed by atoms with Crippen LogP contribution in [-0.2, 0) is 32.3 Å². The smallest absolute Gasteiger partial charge is 0.354 e. The Morgan fingerprint density at radius 2 is 1.62 bits per heavy atom. The summed E-state index contributed by atoms with van der Waals surface area (Å²) in [5.41, 5.74) is -0.0703. The van der Waals surface area contributed by atoms with Crippen LogP contribution in [0.4, 0.5) is 18.9 Å². The number of carbonyl (C=O) groups excluding carboxylic acids is 2. The number of carbonyl (C=O) groups is 2. The first-order valence-electron chi connectivity index (χ1n) is 13.2. The number of amides is 2. The average molecular weight is 624 g/mol. The molecule has 0 spiro atoms. The van der Waals surface area contributed by atoms with Crippen molar-refractivity contribution in [2.45, 2.75) is 51.4 Å². The van der Waals surface area contributed by atoms with Gasteiger partial charge in [-0.3, -0.25) is 13.9 Å². The van der Waals surface area contributed by atoms with Gasteiger partial charge in [-0.05, 0) is 55.7 Å². The van der Waals surface area contributed by atoms with Crippen LogP contribution in [-0.4, -0.2) is 44.3 Å². The fourth-order valence-electron chi connectivity index (χ4n) is 4.16. The molecule has 0 bridgehead atoms. The third kappa shape index (κ3) is 8.25. The Bertz CT molecular complexity index is 1520. The topological polar surface area (TPSA) is 86.8 Å². The van der Waals surface area contributed by atoms with Crippen LogP contribution < -0.4 is 9.62 Å². The first kappa shape index (κ1) is 32.9. The third-order valence-electron chi connectivity index (χ3n) is 6.44. The van der Waals surface area contributed by atoms with E-state index in [9.17, 15) is 31.2 Å². The highest BCUT2D eigenvalue weighted by atomic mass is 35.5. The van der Waals surface area contributed by atoms with Crippen molar-refractivity contribution in [3.8, 4) is 0 Å². The summed E-state index contributed by atoms with van der Waals surface area (Å²) in [7, 11) is -4.58. The van der Waals surface area contributed by atoms with Gasteiger partial charge in [0.1, 0.15) is 12.6 Å². The fourth-order valence-corrected chi connectivity index (χ4v) is 5.87. The molecule has 0 saturated heterocycles. The number of rotatable bonds is 11. The Balaban J connectivity index is 2.11. The van der Waals surface area contributed by atoms with Crippen molar-refractivity contribution in [3.63, 3.8) is 0 Å². The van der Waals surface area contributed by atoms with Gasteiger partial charge in [-0.2, -0.15) is 13.2 Å². The first-order valence-corrected chi connectivity index (χ1v) is 15.0. The molecule has 7 nitrogen and oxygen atoms in total. The highest BCUT2D eigenvalue weighted by Crippen LogP contribution is 2.37. The summed E-state index contributed by atoms with van der Waals surface area (Å²) in [6.07, 6.45) is -4.80. The molecule has 1 atom stereocenters. The number of anilines is 1. The van der Waals surface area contributed by atoms with Gasteiger partial charge in [-0.15, -0.1) is 0 Å². The highest BCUT2D eigenvalue weighted by molar-refractivity contribution is 7.92. The van der Waals surface area contributed by atoms with Crippen LogP contribution >= 0.6 is 11.6 Å². The van der Waals surface area contributed by atoms with Gasteiger partial charge in [-0.1, -0.05) is 73.5 Å². The van der Waals surface area contributed by atoms with Crippen LogP contribution in [0.5, 0.6) is 0 Å². The Kier molecular flexibility index (Phi) is 10.7. The molecule has 0 aliphatic rings. The zero-order chi connectivity index (χ0) is 31.2. The summed E-state index contributed by atoms with van der Waals surface area (Å²) in [5, 5.41) is 2.48. The maximum absolute atomic E-state index is 13.9. The minimum Gasteiger partial charge on any atom is -0.354 e. The number of hydrogen-bond acceptors (Lipinski definition) is 4. The lowest BCUT2D eigenvalue weighted by atomic mass is 10.1. The van der Waals surface area contributed by atoms with Crippen molar-refractivity contribution in [1.29, 1.82) is 0 Å². The molecule has 3 aromatic carbocycles. The predicted octanol–water partition coefficient (Wildman–Crippen LogP) is 6.05. The van der Waals surface area contributed by atoms with Crippen molar-refractivity contribution >= 4 is 39.1 Å². The maximum Gasteiger partial charge on any atom is 0.416 e. The van der Waals surface area contributed by atoms with E-state index in [0.717, 1.165) is 17.7 Å². The van der Waals surface area contributed by atoms with Gasteiger partial charge in [-0.25, -0.2) is 8.42 Å². The van der Waals surface area contributed by atoms with E-state index < -0.39 is 51.9 Å². The molecule has 0 aliphatic carbocycles. The number of aryl methyl sites for hydroxylation is 1. The molecule has 1 N–H and O–H groups in total. The van der Waals surface area contributed by atoms with E-state index >= 15 is 0 Å². The van der Waals surface area contributed by atoms with E-state index in [0.29, 0.717) is 22.5 Å². The van der Waals surface area contributed by atoms with Crippen LogP contribution in [0.25, 0.3) is 0 Å². The van der Waals surface area contributed by atoms with Crippen LogP contribution in [0, 0.1) is 12.8 Å². The molecule has 0 heterocycles. The normalized spacial score (nSPS) is 12.6. The van der Waals surface area contributed by atoms with Crippen molar-refractivity contribution in [1.82, 2.24) is 10.2 Å². The molecule has 2 amide bonds. The molecular weight excluding hydrogens is 591 g/mol. The van der Waals surface area contributed by atoms with Gasteiger partial charge in [0, 0.05) is 13.1 Å². The van der Waals surface area contributed by atoms with Crippen molar-refractivity contribution in [2.24, 2.45) is 5.92 Å². The zero-order valence-corrected chi connectivity index (χ0v) is 25.2. The number of nitrogens with one attached hydrogen (secondary N) is 1. The SMILES string of the molecule is Cc1cccc(CN(C(=O)CN(c2cc(C(F)(F)F)ccc2Cl)S(=O)(=O)c2ccccc2)[C@H](C)C(=O)NCC(C)C)c1. The largest absolute Gasteiger partial charge is 0.416 e. The molecule has 0 aromatic heterocycles. The van der Waals surface area contributed by atoms with E-state index in [-0.39, 0.29) is 22.4 Å². The lowest BCUT2D eigenvalue weighted by Crippen LogP contribution is -2.51. The van der Waals surface area contributed by atoms with E-state index in [1.807, 2.05) is 32.9 Å². The minimum atomic E-state index is -4.80. The molecule has 0 unspecified atom stereocenters. The summed E-state index contributed by atoms with van der Waals surface area (Å²) in [6.45, 7) is 6.58. The van der Waals surface area contributed by atoms with Crippen molar-refractivity contribution < 1.29 is 31.2 Å². The number of hydrogen-bond donors (Lipinski definition) is 1. The molecule has 3 aromatic rings. The van der Waals surface area contributed by atoms with Gasteiger partial charge in [0.2, 0.25) is 11.8 Å². The molecule has 12 heteroatoms. The van der Waals surface area contributed by atoms with Gasteiger partial charge in [0.05, 0.1) is 21.2 Å². The van der Waals surface area contributed by atoms with Crippen LogP contribution in [0.3, 0.4) is 0 Å². The Morgan fingerprint density at radius 3 is 2.21 bits per heavy atom. The minimum absolute atomic E-state index is 0.0493. The molecular formula is C30H33ClF3N3O4S. The van der Waals surface area contributed by atoms with E-state index in [1.54, 1.807) is 18.2 Å². The van der Waals surface area contributed by atoms with Gasteiger partial charge >= 0.3 is 6.18 Å². The van der Waals surface area contributed by atoms with E-state index in [4.69, 9.17) is 11.6 Å². The van der Waals surface area contributed by atoms with Crippen LogP contribution in [0.2, 0.25) is 5.02 Å². The highest BCUT2D eigenvalue weighted by Gasteiger charge is 2.36. The molecule has 0 radical (unpaired) electrons. The molecule has 0 saturated carbocycles. The van der Waals surface area contributed by atoms with E-state index in [1.165, 1.54) is 36.1 Å². The summed E-state index contributed by atoms with van der Waals surface area (Å²) in [5.74, 6) is -1.13. The Hall–Kier alpha value is -3.57. The Morgan fingerprint density at radius 1 is 0.952 bits per heavy atom. The molecule has 226 valence electrons. The molecule has 42 heavy (non-hydrogen) atoms. The number of nitrogens with zero attached hydrogens (tertiary/aromatic N) is 2. The average Bonchev–Trinajstić information content (AvgIpc) is 2.93. The number of sulfonamides is 1. The summed E-state index contributed by atoms with van der Waals surface area (Å²) >= 11 is 6.27. The Labute approximate surface area is 249 Å². The van der Waals surface area contributed by atoms with Crippen LogP contribution in [0.1, 0.15) is 37.5 Å². The lowest BCUT2D eigenvalue weighted by molar-refractivity contribution is -0.139. The zero-order valence-electron chi connectivity index (χ0n) is 23.7. The fraction of sp³-hybridized carbons (Fsp3) is 0.333. The third-order valence-corrected chi connectivity index (χ3v) is 8.53. The van der Waals surface area contributed by atoms with Gasteiger partial charge in [0.15, 0.2) is 0 Å². The number of benzene rings is 3. The summed E-state index contributed by atoms with van der Waals surface area (Å²) < 4.78 is 69.1. The standard InChI is InChI=1S/C30H33ClF3N3O4S/c1-20(2)17-35-29(39)22(4)36(18-23-10-8-9-21(3)15-23)28(38)19-37(42(40,41)25-11-6-5-7-12-25)27-16-24(30(32,33)34)13-14-26(27)31/h5-16,20,22H,17-19H2,1-4H3,(H,35,39)/t22-/m1/s1. The summed E-state index contributed by atoms with van der Waals surface area (Å²) in [6, 6.07) is 15.5. The quantitative estimate of drug-likeness (QED) is 0.282. The van der Waals surface area contributed by atoms with Crippen molar-refractivity contribution in [3.05, 3.63) is 94.5 Å². The van der Waals surface area contributed by atoms with Gasteiger partial charge < -0.3 is 10.2 Å². The second-order valence-electron chi connectivity index (χ2n) is 10.3. The molecule has 3 rings (SSSR count). The van der Waals surface area contributed by atoms with Crippen LogP contribution in [0.15, 0.2) is 77.7 Å². The number of alkyl halides is 3. The monoisotopic (exact) mass is 623 g/mol. The molecule has 0 fully saturated rings. The summed E-state index contributed by atoms with van der Waals surface area (Å²) in [4.78, 5) is 28.0. The second-order valence-corrected chi connectivity index (χ2v) is 12.6. The first-order chi connectivity index (χ1) is 19.6. The molecule has 0 aliphatic heterocycles. The van der Waals surface area contributed by atoms with Gasteiger partial charge in [0.25, 0.3) is 10.0 Å². The van der Waals surface area contributed by atoms with Crippen molar-refractivity contribution in [2.75, 3.05) is 17.4 Å². The van der Waals surface area contributed by atoms with E-state index in [2.05, 4.69) is 5.32 Å². The number of halogens is 4.